The van der Waals surface area contributed by atoms with Gasteiger partial charge < -0.3 is 10.2 Å². The molecule has 0 aromatic heterocycles. The summed E-state index contributed by atoms with van der Waals surface area (Å²) in [7, 11) is 0. The van der Waals surface area contributed by atoms with Gasteiger partial charge >= 0.3 is 0 Å². The zero-order valence-corrected chi connectivity index (χ0v) is 7.58. The fourth-order valence-corrected chi connectivity index (χ4v) is 0.997. The molecule has 0 saturated carbocycles. The Kier molecular flexibility index (Phi) is 6.57. The van der Waals surface area contributed by atoms with Crippen molar-refractivity contribution in [3.63, 3.8) is 0 Å². The van der Waals surface area contributed by atoms with Crippen molar-refractivity contribution in [3.8, 4) is 0 Å². The lowest BCUT2D eigenvalue weighted by Gasteiger charge is -2.09. The Labute approximate surface area is 69.2 Å². The van der Waals surface area contributed by atoms with E-state index in [4.69, 9.17) is 10.2 Å². The highest BCUT2D eigenvalue weighted by Gasteiger charge is 2.02. The summed E-state index contributed by atoms with van der Waals surface area (Å²) >= 11 is 0. The van der Waals surface area contributed by atoms with Crippen molar-refractivity contribution < 1.29 is 10.2 Å². The van der Waals surface area contributed by atoms with Crippen LogP contribution in [-0.2, 0) is 0 Å². The highest BCUT2D eigenvalue weighted by Crippen LogP contribution is 2.11. The molecule has 0 saturated heterocycles. The van der Waals surface area contributed by atoms with E-state index in [1.165, 1.54) is 0 Å². The molecule has 0 radical (unpaired) electrons. The third kappa shape index (κ3) is 6.32. The first kappa shape index (κ1) is 10.9. The minimum absolute atomic E-state index is 0.285. The van der Waals surface area contributed by atoms with Gasteiger partial charge in [-0.1, -0.05) is 20.3 Å². The summed E-state index contributed by atoms with van der Waals surface area (Å²) in [6.07, 6.45) is 3.26. The van der Waals surface area contributed by atoms with Gasteiger partial charge in [0.25, 0.3) is 0 Å². The van der Waals surface area contributed by atoms with Crippen LogP contribution >= 0.6 is 0 Å². The molecule has 0 spiro atoms. The van der Waals surface area contributed by atoms with Gasteiger partial charge in [0.2, 0.25) is 0 Å². The van der Waals surface area contributed by atoms with Crippen molar-refractivity contribution in [1.82, 2.24) is 0 Å². The summed E-state index contributed by atoms with van der Waals surface area (Å²) in [6.45, 7) is 4.66. The van der Waals surface area contributed by atoms with Gasteiger partial charge in [0, 0.05) is 13.2 Å². The van der Waals surface area contributed by atoms with Gasteiger partial charge in [0.05, 0.1) is 0 Å². The van der Waals surface area contributed by atoms with Crippen molar-refractivity contribution in [1.29, 1.82) is 0 Å². The number of aliphatic hydroxyl groups is 2. The molecular weight excluding hydrogens is 140 g/mol. The van der Waals surface area contributed by atoms with Crippen LogP contribution in [0.3, 0.4) is 0 Å². The first-order valence-corrected chi connectivity index (χ1v) is 4.42. The molecule has 0 aliphatic rings. The minimum atomic E-state index is 0.285. The molecule has 0 fully saturated rings. The van der Waals surface area contributed by atoms with E-state index in [0.717, 1.165) is 19.3 Å². The fourth-order valence-electron chi connectivity index (χ4n) is 0.997. The average Bonchev–Trinajstić information content (AvgIpc) is 2.04. The third-order valence-electron chi connectivity index (χ3n) is 2.02. The summed E-state index contributed by atoms with van der Waals surface area (Å²) in [6, 6.07) is 0. The van der Waals surface area contributed by atoms with Crippen LogP contribution in [-0.4, -0.2) is 23.4 Å². The zero-order valence-electron chi connectivity index (χ0n) is 7.58. The van der Waals surface area contributed by atoms with Gasteiger partial charge in [0.1, 0.15) is 0 Å². The van der Waals surface area contributed by atoms with E-state index >= 15 is 0 Å². The van der Waals surface area contributed by atoms with E-state index in [1.54, 1.807) is 0 Å². The monoisotopic (exact) mass is 160 g/mol. The van der Waals surface area contributed by atoms with E-state index < -0.39 is 0 Å². The minimum Gasteiger partial charge on any atom is -0.396 e. The largest absolute Gasteiger partial charge is 0.396 e. The molecule has 0 bridgehead atoms. The highest BCUT2D eigenvalue weighted by molar-refractivity contribution is 4.54. The lowest BCUT2D eigenvalue weighted by molar-refractivity contribution is 0.209. The van der Waals surface area contributed by atoms with Crippen LogP contribution in [0, 0.1) is 11.8 Å². The lowest BCUT2D eigenvalue weighted by atomic mass is 10.00. The van der Waals surface area contributed by atoms with Crippen LogP contribution in [0.1, 0.15) is 33.1 Å². The normalized spacial score (nSPS) is 16.4. The van der Waals surface area contributed by atoms with Gasteiger partial charge in [-0.25, -0.2) is 0 Å². The summed E-state index contributed by atoms with van der Waals surface area (Å²) in [4.78, 5) is 0. The maximum atomic E-state index is 8.71. The Morgan fingerprint density at radius 3 is 1.55 bits per heavy atom. The van der Waals surface area contributed by atoms with Crippen LogP contribution in [0.4, 0.5) is 0 Å². The summed E-state index contributed by atoms with van der Waals surface area (Å²) < 4.78 is 0. The molecule has 0 unspecified atom stereocenters. The second-order valence-corrected chi connectivity index (χ2v) is 3.51. The van der Waals surface area contributed by atoms with E-state index in [-0.39, 0.29) is 13.2 Å². The average molecular weight is 160 g/mol. The van der Waals surface area contributed by atoms with Crippen LogP contribution in [0.25, 0.3) is 0 Å². The molecule has 0 aliphatic carbocycles. The number of rotatable bonds is 6. The Morgan fingerprint density at radius 1 is 0.909 bits per heavy atom. The molecule has 2 heteroatoms. The van der Waals surface area contributed by atoms with Crippen LogP contribution in [0.5, 0.6) is 0 Å². The quantitative estimate of drug-likeness (QED) is 0.617. The van der Waals surface area contributed by atoms with Crippen LogP contribution in [0.15, 0.2) is 0 Å². The van der Waals surface area contributed by atoms with Crippen molar-refractivity contribution in [2.24, 2.45) is 11.8 Å². The number of aliphatic hydroxyl groups excluding tert-OH is 2. The Morgan fingerprint density at radius 2 is 1.27 bits per heavy atom. The highest BCUT2D eigenvalue weighted by atomic mass is 16.3. The molecule has 2 atom stereocenters. The topological polar surface area (TPSA) is 40.5 Å². The third-order valence-corrected chi connectivity index (χ3v) is 2.02. The Balaban J connectivity index is 3.13. The molecule has 0 heterocycles. The van der Waals surface area contributed by atoms with E-state index in [2.05, 4.69) is 0 Å². The SMILES string of the molecule is C[C@@H](CO)CCC[C@@H](C)CO. The molecule has 11 heavy (non-hydrogen) atoms. The molecule has 0 rings (SSSR count). The van der Waals surface area contributed by atoms with Gasteiger partial charge in [-0.2, -0.15) is 0 Å². The molecule has 2 N–H and O–H groups in total. The van der Waals surface area contributed by atoms with Gasteiger partial charge in [-0.05, 0) is 24.7 Å². The number of hydrogen-bond acceptors (Lipinski definition) is 2. The predicted molar refractivity (Wildman–Crippen MR) is 46.4 cm³/mol. The first-order chi connectivity index (χ1) is 5.20. The lowest BCUT2D eigenvalue weighted by Crippen LogP contribution is -2.04. The van der Waals surface area contributed by atoms with Crippen molar-refractivity contribution in [2.45, 2.75) is 33.1 Å². The smallest absolute Gasteiger partial charge is 0.0456 e. The second kappa shape index (κ2) is 6.62. The summed E-state index contributed by atoms with van der Waals surface area (Å²) in [5, 5.41) is 17.4. The van der Waals surface area contributed by atoms with E-state index in [9.17, 15) is 0 Å². The molecule has 0 aliphatic heterocycles. The summed E-state index contributed by atoms with van der Waals surface area (Å²) in [5.74, 6) is 0.835. The van der Waals surface area contributed by atoms with Crippen LogP contribution < -0.4 is 0 Å². The number of hydrogen-bond donors (Lipinski definition) is 2. The molecule has 2 nitrogen and oxygen atoms in total. The zero-order chi connectivity index (χ0) is 8.69. The van der Waals surface area contributed by atoms with Crippen molar-refractivity contribution >= 4 is 0 Å². The van der Waals surface area contributed by atoms with Crippen molar-refractivity contribution in [3.05, 3.63) is 0 Å². The first-order valence-electron chi connectivity index (χ1n) is 4.42. The van der Waals surface area contributed by atoms with Crippen LogP contribution in [0.2, 0.25) is 0 Å². The standard InChI is InChI=1S/C9H20O2/c1-8(6-10)4-3-5-9(2)7-11/h8-11H,3-7H2,1-2H3/t8-,9-/m1/s1. The Bertz CT molecular complexity index is 73.6. The fraction of sp³-hybridized carbons (Fsp3) is 1.00. The molecule has 0 aromatic carbocycles. The summed E-state index contributed by atoms with van der Waals surface area (Å²) in [5.41, 5.74) is 0. The van der Waals surface area contributed by atoms with Crippen molar-refractivity contribution in [2.75, 3.05) is 13.2 Å². The molecule has 0 aromatic rings. The van der Waals surface area contributed by atoms with Gasteiger partial charge in [-0.3, -0.25) is 0 Å². The predicted octanol–water partition coefficient (Wildman–Crippen LogP) is 1.41. The maximum Gasteiger partial charge on any atom is 0.0456 e. The maximum absolute atomic E-state index is 8.71. The van der Waals surface area contributed by atoms with E-state index in [1.807, 2.05) is 13.8 Å². The van der Waals surface area contributed by atoms with Gasteiger partial charge in [-0.15, -0.1) is 0 Å². The van der Waals surface area contributed by atoms with Gasteiger partial charge in [0.15, 0.2) is 0 Å². The van der Waals surface area contributed by atoms with E-state index in [0.29, 0.717) is 11.8 Å². The Hall–Kier alpha value is -0.0800. The molecule has 68 valence electrons. The molecular formula is C9H20O2. The molecule has 0 amide bonds. The second-order valence-electron chi connectivity index (χ2n) is 3.51.